The fourth-order valence-electron chi connectivity index (χ4n) is 3.22. The van der Waals surface area contributed by atoms with Crippen molar-refractivity contribution in [3.63, 3.8) is 0 Å². The minimum atomic E-state index is -0.775. The van der Waals surface area contributed by atoms with Crippen molar-refractivity contribution in [2.75, 3.05) is 33.7 Å². The summed E-state index contributed by atoms with van der Waals surface area (Å²) in [6.07, 6.45) is 4.19. The van der Waals surface area contributed by atoms with Gasteiger partial charge in [-0.2, -0.15) is 0 Å². The van der Waals surface area contributed by atoms with Crippen LogP contribution < -0.4 is 5.32 Å². The zero-order chi connectivity index (χ0) is 14.8. The van der Waals surface area contributed by atoms with Gasteiger partial charge in [0, 0.05) is 25.7 Å². The van der Waals surface area contributed by atoms with Gasteiger partial charge in [-0.25, -0.2) is 4.79 Å². The minimum Gasteiger partial charge on any atom is -0.481 e. The van der Waals surface area contributed by atoms with E-state index in [-0.39, 0.29) is 12.6 Å². The Bertz CT molecular complexity index is 378. The maximum absolute atomic E-state index is 12.1. The molecule has 0 aromatic rings. The van der Waals surface area contributed by atoms with Crippen LogP contribution in [-0.4, -0.2) is 66.7 Å². The maximum Gasteiger partial charge on any atom is 0.317 e. The molecule has 2 N–H and O–H groups in total. The second-order valence-electron chi connectivity index (χ2n) is 6.30. The first kappa shape index (κ1) is 15.1. The smallest absolute Gasteiger partial charge is 0.317 e. The lowest BCUT2D eigenvalue weighted by atomic mass is 9.86. The second kappa shape index (κ2) is 5.99. The zero-order valence-corrected chi connectivity index (χ0v) is 12.4. The van der Waals surface area contributed by atoms with Crippen LogP contribution in [0.2, 0.25) is 0 Å². The highest BCUT2D eigenvalue weighted by Crippen LogP contribution is 2.37. The molecule has 0 bridgehead atoms. The predicted octanol–water partition coefficient (Wildman–Crippen LogP) is 0.977. The number of nitrogens with one attached hydrogen (secondary N) is 1. The quantitative estimate of drug-likeness (QED) is 0.806. The van der Waals surface area contributed by atoms with E-state index in [1.807, 2.05) is 14.1 Å². The second-order valence-corrected chi connectivity index (χ2v) is 6.30. The number of aliphatic carboxylic acids is 1. The molecular formula is C14H25N3O3. The summed E-state index contributed by atoms with van der Waals surface area (Å²) in [5.74, 6) is -0.775. The number of carbonyl (C=O) groups excluding carboxylic acids is 1. The number of hydrogen-bond donors (Lipinski definition) is 2. The summed E-state index contributed by atoms with van der Waals surface area (Å²) in [5, 5.41) is 12.2. The summed E-state index contributed by atoms with van der Waals surface area (Å²) in [5.41, 5.74) is -0.740. The van der Waals surface area contributed by atoms with Gasteiger partial charge in [-0.15, -0.1) is 0 Å². The first-order chi connectivity index (χ1) is 9.44. The topological polar surface area (TPSA) is 72.9 Å². The van der Waals surface area contributed by atoms with E-state index in [0.717, 1.165) is 32.4 Å². The Labute approximate surface area is 120 Å². The van der Waals surface area contributed by atoms with Crippen LogP contribution in [-0.2, 0) is 4.79 Å². The van der Waals surface area contributed by atoms with Gasteiger partial charge < -0.3 is 20.2 Å². The van der Waals surface area contributed by atoms with E-state index in [1.54, 1.807) is 4.90 Å². The van der Waals surface area contributed by atoms with Gasteiger partial charge in [0.05, 0.1) is 5.41 Å². The van der Waals surface area contributed by atoms with Crippen LogP contribution >= 0.6 is 0 Å². The molecule has 1 saturated heterocycles. The van der Waals surface area contributed by atoms with Crippen molar-refractivity contribution in [2.45, 2.75) is 38.1 Å². The standard InChI is InChI=1S/C14H25N3O3/c1-16(2)11-5-8-17(9-11)13(20)15-10-14(12(18)19)6-3-4-7-14/h11H,3-10H2,1-2H3,(H,15,20)(H,18,19). The van der Waals surface area contributed by atoms with Gasteiger partial charge in [0.15, 0.2) is 0 Å². The Morgan fingerprint density at radius 1 is 1.35 bits per heavy atom. The summed E-state index contributed by atoms with van der Waals surface area (Å²) in [6, 6.07) is 0.280. The summed E-state index contributed by atoms with van der Waals surface area (Å²) in [4.78, 5) is 27.5. The molecule has 1 saturated carbocycles. The molecule has 2 amide bonds. The molecule has 1 aliphatic heterocycles. The molecule has 1 atom stereocenters. The Kier molecular flexibility index (Phi) is 4.52. The molecule has 1 aliphatic carbocycles. The van der Waals surface area contributed by atoms with Gasteiger partial charge in [-0.1, -0.05) is 12.8 Å². The number of likely N-dealkylation sites (tertiary alicyclic amines) is 1. The van der Waals surface area contributed by atoms with Gasteiger partial charge in [0.1, 0.15) is 0 Å². The van der Waals surface area contributed by atoms with Crippen molar-refractivity contribution < 1.29 is 14.7 Å². The molecule has 6 nitrogen and oxygen atoms in total. The zero-order valence-electron chi connectivity index (χ0n) is 12.4. The number of carboxylic acid groups (broad SMARTS) is 1. The summed E-state index contributed by atoms with van der Waals surface area (Å²) < 4.78 is 0. The molecule has 114 valence electrons. The normalized spacial score (nSPS) is 25.1. The Balaban J connectivity index is 1.85. The number of hydrogen-bond acceptors (Lipinski definition) is 3. The van der Waals surface area contributed by atoms with Crippen LogP contribution in [0.3, 0.4) is 0 Å². The number of carbonyl (C=O) groups is 2. The van der Waals surface area contributed by atoms with E-state index in [0.29, 0.717) is 18.9 Å². The Hall–Kier alpha value is -1.30. The van der Waals surface area contributed by atoms with E-state index in [4.69, 9.17) is 0 Å². The van der Waals surface area contributed by atoms with Crippen molar-refractivity contribution >= 4 is 12.0 Å². The van der Waals surface area contributed by atoms with Crippen molar-refractivity contribution in [3.05, 3.63) is 0 Å². The molecule has 2 rings (SSSR count). The predicted molar refractivity (Wildman–Crippen MR) is 75.6 cm³/mol. The lowest BCUT2D eigenvalue weighted by Crippen LogP contribution is -2.46. The highest BCUT2D eigenvalue weighted by atomic mass is 16.4. The average molecular weight is 283 g/mol. The van der Waals surface area contributed by atoms with Crippen molar-refractivity contribution in [1.29, 1.82) is 0 Å². The largest absolute Gasteiger partial charge is 0.481 e. The first-order valence-electron chi connectivity index (χ1n) is 7.37. The third-order valence-electron chi connectivity index (χ3n) is 4.77. The van der Waals surface area contributed by atoms with Crippen LogP contribution in [0.5, 0.6) is 0 Å². The van der Waals surface area contributed by atoms with Crippen LogP contribution in [0.25, 0.3) is 0 Å². The van der Waals surface area contributed by atoms with E-state index in [9.17, 15) is 14.7 Å². The van der Waals surface area contributed by atoms with E-state index >= 15 is 0 Å². The van der Waals surface area contributed by atoms with Crippen LogP contribution in [0.1, 0.15) is 32.1 Å². The van der Waals surface area contributed by atoms with Gasteiger partial charge in [-0.05, 0) is 33.4 Å². The van der Waals surface area contributed by atoms with Crippen molar-refractivity contribution in [2.24, 2.45) is 5.41 Å². The van der Waals surface area contributed by atoms with E-state index in [2.05, 4.69) is 10.2 Å². The Morgan fingerprint density at radius 2 is 2.00 bits per heavy atom. The van der Waals surface area contributed by atoms with Gasteiger partial charge in [0.2, 0.25) is 0 Å². The fourth-order valence-corrected chi connectivity index (χ4v) is 3.22. The fraction of sp³-hybridized carbons (Fsp3) is 0.857. The molecule has 0 aromatic heterocycles. The van der Waals surface area contributed by atoms with Crippen LogP contribution in [0.15, 0.2) is 0 Å². The first-order valence-corrected chi connectivity index (χ1v) is 7.37. The molecular weight excluding hydrogens is 258 g/mol. The SMILES string of the molecule is CN(C)C1CCN(C(=O)NCC2(C(=O)O)CCCC2)C1. The van der Waals surface area contributed by atoms with Crippen LogP contribution in [0.4, 0.5) is 4.79 Å². The molecule has 1 unspecified atom stereocenters. The number of rotatable bonds is 4. The lowest BCUT2D eigenvalue weighted by Gasteiger charge is -2.26. The molecule has 0 radical (unpaired) electrons. The molecule has 0 aromatic carbocycles. The Morgan fingerprint density at radius 3 is 2.50 bits per heavy atom. The highest BCUT2D eigenvalue weighted by molar-refractivity contribution is 5.78. The summed E-state index contributed by atoms with van der Waals surface area (Å²) >= 11 is 0. The molecule has 2 fully saturated rings. The minimum absolute atomic E-state index is 0.123. The average Bonchev–Trinajstić information content (AvgIpc) is 3.06. The number of amides is 2. The monoisotopic (exact) mass is 283 g/mol. The third kappa shape index (κ3) is 3.06. The van der Waals surface area contributed by atoms with Crippen molar-refractivity contribution in [1.82, 2.24) is 15.1 Å². The molecule has 20 heavy (non-hydrogen) atoms. The third-order valence-corrected chi connectivity index (χ3v) is 4.77. The molecule has 6 heteroatoms. The lowest BCUT2D eigenvalue weighted by molar-refractivity contribution is -0.148. The molecule has 1 heterocycles. The van der Waals surface area contributed by atoms with Gasteiger partial charge in [0.25, 0.3) is 0 Å². The maximum atomic E-state index is 12.1. The van der Waals surface area contributed by atoms with Crippen LogP contribution in [0, 0.1) is 5.41 Å². The highest BCUT2D eigenvalue weighted by Gasteiger charge is 2.42. The number of likely N-dealkylation sites (N-methyl/N-ethyl adjacent to an activating group) is 1. The summed E-state index contributed by atoms with van der Waals surface area (Å²) in [7, 11) is 4.04. The van der Waals surface area contributed by atoms with E-state index < -0.39 is 11.4 Å². The number of urea groups is 1. The van der Waals surface area contributed by atoms with Gasteiger partial charge >= 0.3 is 12.0 Å². The van der Waals surface area contributed by atoms with Gasteiger partial charge in [-0.3, -0.25) is 4.79 Å². The molecule has 0 spiro atoms. The number of carboxylic acids is 1. The van der Waals surface area contributed by atoms with E-state index in [1.165, 1.54) is 0 Å². The summed E-state index contributed by atoms with van der Waals surface area (Å²) in [6.45, 7) is 1.72. The van der Waals surface area contributed by atoms with Crippen molar-refractivity contribution in [3.8, 4) is 0 Å². The number of nitrogens with zero attached hydrogens (tertiary/aromatic N) is 2. The molecule has 2 aliphatic rings.